The smallest absolute Gasteiger partial charge is 0.379 e. The van der Waals surface area contributed by atoms with Gasteiger partial charge in [-0.05, 0) is 12.0 Å². The molecule has 0 saturated heterocycles. The van der Waals surface area contributed by atoms with Gasteiger partial charge in [-0.2, -0.15) is 0 Å². The number of hydrogen-bond donors (Lipinski definition) is 0. The van der Waals surface area contributed by atoms with Crippen LogP contribution in [0.5, 0.6) is 0 Å². The Labute approximate surface area is 112 Å². The number of Topliss-reactive ketones (excluding diaryl/α,β-unsaturated/α-hetero) is 1. The second kappa shape index (κ2) is 7.88. The molecule has 0 radical (unpaired) electrons. The predicted molar refractivity (Wildman–Crippen MR) is 70.8 cm³/mol. The average Bonchev–Trinajstić information content (AvgIpc) is 2.42. The number of esters is 1. The van der Waals surface area contributed by atoms with Crippen LogP contribution in [0.2, 0.25) is 0 Å². The lowest BCUT2D eigenvalue weighted by Gasteiger charge is -2.06. The highest BCUT2D eigenvalue weighted by atomic mass is 35.5. The fourth-order valence-corrected chi connectivity index (χ4v) is 1.78. The SMILES string of the molecule is CCCCCOC(=O)C(=O)c1ccccc1CCl. The van der Waals surface area contributed by atoms with Crippen LogP contribution in [0.4, 0.5) is 0 Å². The number of ketones is 1. The minimum atomic E-state index is -0.802. The fraction of sp³-hybridized carbons (Fsp3) is 0.429. The second-order valence-electron chi connectivity index (χ2n) is 3.96. The van der Waals surface area contributed by atoms with Crippen molar-refractivity contribution < 1.29 is 14.3 Å². The van der Waals surface area contributed by atoms with Crippen LogP contribution in [0.25, 0.3) is 0 Å². The van der Waals surface area contributed by atoms with E-state index in [1.165, 1.54) is 0 Å². The molecule has 0 heterocycles. The van der Waals surface area contributed by atoms with Gasteiger partial charge in [0.1, 0.15) is 0 Å². The predicted octanol–water partition coefficient (Wildman–Crippen LogP) is 3.34. The van der Waals surface area contributed by atoms with E-state index >= 15 is 0 Å². The van der Waals surface area contributed by atoms with Gasteiger partial charge in [-0.1, -0.05) is 44.0 Å². The third-order valence-corrected chi connectivity index (χ3v) is 2.86. The highest BCUT2D eigenvalue weighted by molar-refractivity contribution is 6.41. The highest BCUT2D eigenvalue weighted by Gasteiger charge is 2.20. The molecule has 0 saturated carbocycles. The number of alkyl halides is 1. The monoisotopic (exact) mass is 268 g/mol. The Bertz CT molecular complexity index is 415. The normalized spacial score (nSPS) is 10.1. The largest absolute Gasteiger partial charge is 0.460 e. The van der Waals surface area contributed by atoms with Crippen molar-refractivity contribution in [1.29, 1.82) is 0 Å². The molecule has 4 heteroatoms. The van der Waals surface area contributed by atoms with Gasteiger partial charge in [-0.25, -0.2) is 4.79 Å². The molecule has 1 aromatic carbocycles. The molecule has 0 aromatic heterocycles. The first kappa shape index (κ1) is 14.7. The zero-order valence-electron chi connectivity index (χ0n) is 10.4. The van der Waals surface area contributed by atoms with Gasteiger partial charge in [0.05, 0.1) is 6.61 Å². The molecule has 1 rings (SSSR count). The van der Waals surface area contributed by atoms with Gasteiger partial charge in [-0.15, -0.1) is 11.6 Å². The van der Waals surface area contributed by atoms with Crippen molar-refractivity contribution in [2.24, 2.45) is 0 Å². The first-order valence-corrected chi connectivity index (χ1v) is 6.59. The van der Waals surface area contributed by atoms with E-state index in [9.17, 15) is 9.59 Å². The van der Waals surface area contributed by atoms with Crippen molar-refractivity contribution >= 4 is 23.4 Å². The maximum Gasteiger partial charge on any atom is 0.379 e. The summed E-state index contributed by atoms with van der Waals surface area (Å²) in [5.74, 6) is -1.23. The molecule has 0 bridgehead atoms. The van der Waals surface area contributed by atoms with Crippen LogP contribution in [-0.2, 0) is 15.4 Å². The van der Waals surface area contributed by atoms with Crippen molar-refractivity contribution in [1.82, 2.24) is 0 Å². The van der Waals surface area contributed by atoms with Crippen LogP contribution in [0.1, 0.15) is 42.1 Å². The number of halogens is 1. The van der Waals surface area contributed by atoms with Crippen LogP contribution in [-0.4, -0.2) is 18.4 Å². The topological polar surface area (TPSA) is 43.4 Å². The summed E-state index contributed by atoms with van der Waals surface area (Å²) in [5.41, 5.74) is 0.975. The van der Waals surface area contributed by atoms with Gasteiger partial charge in [-0.3, -0.25) is 4.79 Å². The van der Waals surface area contributed by atoms with E-state index in [1.807, 2.05) is 0 Å². The molecule has 0 N–H and O–H groups in total. The van der Waals surface area contributed by atoms with Crippen molar-refractivity contribution in [2.45, 2.75) is 32.1 Å². The number of benzene rings is 1. The maximum absolute atomic E-state index is 11.9. The Morgan fingerprint density at radius 1 is 1.22 bits per heavy atom. The molecule has 0 atom stereocenters. The number of ether oxygens (including phenoxy) is 1. The highest BCUT2D eigenvalue weighted by Crippen LogP contribution is 2.13. The lowest BCUT2D eigenvalue weighted by Crippen LogP contribution is -2.19. The van der Waals surface area contributed by atoms with Crippen LogP contribution < -0.4 is 0 Å². The molecular formula is C14H17ClO3. The van der Waals surface area contributed by atoms with Crippen LogP contribution >= 0.6 is 11.6 Å². The van der Waals surface area contributed by atoms with E-state index in [4.69, 9.17) is 16.3 Å². The van der Waals surface area contributed by atoms with Gasteiger partial charge in [0, 0.05) is 11.4 Å². The summed E-state index contributed by atoms with van der Waals surface area (Å²) in [6, 6.07) is 6.80. The summed E-state index contributed by atoms with van der Waals surface area (Å²) in [5, 5.41) is 0. The molecule has 0 unspecified atom stereocenters. The van der Waals surface area contributed by atoms with Crippen LogP contribution in [0.3, 0.4) is 0 Å². The Balaban J connectivity index is 2.60. The maximum atomic E-state index is 11.9. The molecule has 18 heavy (non-hydrogen) atoms. The van der Waals surface area contributed by atoms with E-state index in [0.29, 0.717) is 17.7 Å². The van der Waals surface area contributed by atoms with E-state index in [-0.39, 0.29) is 5.88 Å². The summed E-state index contributed by atoms with van der Waals surface area (Å²) in [7, 11) is 0. The number of hydrogen-bond acceptors (Lipinski definition) is 3. The van der Waals surface area contributed by atoms with E-state index in [0.717, 1.165) is 19.3 Å². The van der Waals surface area contributed by atoms with Gasteiger partial charge in [0.15, 0.2) is 0 Å². The van der Waals surface area contributed by atoms with E-state index in [1.54, 1.807) is 24.3 Å². The number of carbonyl (C=O) groups excluding carboxylic acids is 2. The standard InChI is InChI=1S/C14H17ClO3/c1-2-3-6-9-18-14(17)13(16)12-8-5-4-7-11(12)10-15/h4-5,7-8H,2-3,6,9-10H2,1H3. The zero-order valence-corrected chi connectivity index (χ0v) is 11.2. The Morgan fingerprint density at radius 2 is 1.94 bits per heavy atom. The third kappa shape index (κ3) is 4.15. The average molecular weight is 269 g/mol. The lowest BCUT2D eigenvalue weighted by molar-refractivity contribution is -0.138. The summed E-state index contributed by atoms with van der Waals surface area (Å²) in [6.07, 6.45) is 2.81. The van der Waals surface area contributed by atoms with Gasteiger partial charge >= 0.3 is 5.97 Å². The van der Waals surface area contributed by atoms with Crippen LogP contribution in [0, 0.1) is 0 Å². The summed E-state index contributed by atoms with van der Waals surface area (Å²) in [6.45, 7) is 2.35. The van der Waals surface area contributed by atoms with Gasteiger partial charge in [0.2, 0.25) is 0 Å². The second-order valence-corrected chi connectivity index (χ2v) is 4.23. The first-order valence-electron chi connectivity index (χ1n) is 6.06. The summed E-state index contributed by atoms with van der Waals surface area (Å²) in [4.78, 5) is 23.4. The fourth-order valence-electron chi connectivity index (χ4n) is 1.55. The van der Waals surface area contributed by atoms with Crippen LogP contribution in [0.15, 0.2) is 24.3 Å². The molecule has 0 aliphatic carbocycles. The Morgan fingerprint density at radius 3 is 2.61 bits per heavy atom. The molecule has 98 valence electrons. The minimum absolute atomic E-state index is 0.199. The van der Waals surface area contributed by atoms with Crippen molar-refractivity contribution in [3.05, 3.63) is 35.4 Å². The van der Waals surface area contributed by atoms with E-state index in [2.05, 4.69) is 6.92 Å². The van der Waals surface area contributed by atoms with E-state index < -0.39 is 11.8 Å². The Kier molecular flexibility index (Phi) is 6.44. The summed E-state index contributed by atoms with van der Waals surface area (Å²) >= 11 is 5.72. The van der Waals surface area contributed by atoms with Crippen molar-refractivity contribution in [2.75, 3.05) is 6.61 Å². The lowest BCUT2D eigenvalue weighted by atomic mass is 10.1. The quantitative estimate of drug-likeness (QED) is 0.250. The molecule has 0 fully saturated rings. The van der Waals surface area contributed by atoms with Gasteiger partial charge in [0.25, 0.3) is 5.78 Å². The zero-order chi connectivity index (χ0) is 13.4. The number of carbonyl (C=O) groups is 2. The first-order chi connectivity index (χ1) is 8.70. The molecule has 1 aromatic rings. The summed E-state index contributed by atoms with van der Waals surface area (Å²) < 4.78 is 4.93. The molecule has 0 amide bonds. The number of unbranched alkanes of at least 4 members (excludes halogenated alkanes) is 2. The van der Waals surface area contributed by atoms with Crippen molar-refractivity contribution in [3.63, 3.8) is 0 Å². The number of rotatable bonds is 7. The Hall–Kier alpha value is -1.35. The molecule has 0 spiro atoms. The third-order valence-electron chi connectivity index (χ3n) is 2.57. The van der Waals surface area contributed by atoms with Crippen molar-refractivity contribution in [3.8, 4) is 0 Å². The van der Waals surface area contributed by atoms with Gasteiger partial charge < -0.3 is 4.74 Å². The molecule has 3 nitrogen and oxygen atoms in total. The molecule has 0 aliphatic heterocycles. The minimum Gasteiger partial charge on any atom is -0.460 e. The molecular weight excluding hydrogens is 252 g/mol. The molecule has 0 aliphatic rings.